The van der Waals surface area contributed by atoms with Gasteiger partial charge in [0, 0.05) is 11.4 Å². The lowest BCUT2D eigenvalue weighted by molar-refractivity contribution is -0.123. The van der Waals surface area contributed by atoms with Gasteiger partial charge in [-0.15, -0.1) is 11.3 Å². The fourth-order valence-corrected chi connectivity index (χ4v) is 2.95. The minimum Gasteiger partial charge on any atom is -0.493 e. The van der Waals surface area contributed by atoms with E-state index < -0.39 is 24.5 Å². The molecule has 0 atom stereocenters. The second kappa shape index (κ2) is 11.5. The van der Waals surface area contributed by atoms with Crippen LogP contribution in [0.1, 0.15) is 15.2 Å². The molecule has 0 bridgehead atoms. The van der Waals surface area contributed by atoms with Crippen molar-refractivity contribution < 1.29 is 28.6 Å². The molecule has 2 aromatic rings. The highest BCUT2D eigenvalue weighted by Gasteiger charge is 2.15. The molecule has 0 spiro atoms. The van der Waals surface area contributed by atoms with Crippen LogP contribution < -0.4 is 20.1 Å². The number of benzene rings is 1. The molecule has 2 N–H and O–H groups in total. The van der Waals surface area contributed by atoms with E-state index in [1.165, 1.54) is 19.2 Å². The molecule has 0 radical (unpaired) electrons. The summed E-state index contributed by atoms with van der Waals surface area (Å²) >= 11 is 1.59. The van der Waals surface area contributed by atoms with Gasteiger partial charge in [-0.25, -0.2) is 9.59 Å². The number of methoxy groups -OCH3 is 1. The highest BCUT2D eigenvalue weighted by atomic mass is 32.1. The van der Waals surface area contributed by atoms with Gasteiger partial charge in [-0.2, -0.15) is 0 Å². The van der Waals surface area contributed by atoms with Crippen LogP contribution in [0.15, 0.2) is 48.4 Å². The summed E-state index contributed by atoms with van der Waals surface area (Å²) in [7, 11) is 1.44. The van der Waals surface area contributed by atoms with Crippen LogP contribution in [0.4, 0.5) is 4.79 Å². The van der Waals surface area contributed by atoms with Gasteiger partial charge >= 0.3 is 12.0 Å². The summed E-state index contributed by atoms with van der Waals surface area (Å²) in [6.45, 7) is 3.65. The Morgan fingerprint density at radius 1 is 1.21 bits per heavy atom. The smallest absolute Gasteiger partial charge is 0.338 e. The molecule has 154 valence electrons. The van der Waals surface area contributed by atoms with Gasteiger partial charge in [0.2, 0.25) is 0 Å². The molecule has 1 aromatic heterocycles. The first-order valence-electron chi connectivity index (χ1n) is 8.72. The van der Waals surface area contributed by atoms with E-state index in [9.17, 15) is 14.4 Å². The van der Waals surface area contributed by atoms with Crippen molar-refractivity contribution in [2.45, 2.75) is 6.42 Å². The summed E-state index contributed by atoms with van der Waals surface area (Å²) in [4.78, 5) is 36.7. The summed E-state index contributed by atoms with van der Waals surface area (Å²) in [5, 5.41) is 6.62. The van der Waals surface area contributed by atoms with Gasteiger partial charge in [-0.1, -0.05) is 18.7 Å². The van der Waals surface area contributed by atoms with Crippen LogP contribution in [-0.2, 0) is 16.0 Å². The van der Waals surface area contributed by atoms with Gasteiger partial charge in [0.15, 0.2) is 18.1 Å². The maximum atomic E-state index is 12.1. The Morgan fingerprint density at radius 3 is 2.72 bits per heavy atom. The van der Waals surface area contributed by atoms with Crippen molar-refractivity contribution in [1.29, 1.82) is 0 Å². The summed E-state index contributed by atoms with van der Waals surface area (Å²) in [5.74, 6) is -0.673. The van der Waals surface area contributed by atoms with Crippen LogP contribution in [0.5, 0.6) is 11.5 Å². The Labute approximate surface area is 172 Å². The predicted octanol–water partition coefficient (Wildman–Crippen LogP) is 2.55. The highest BCUT2D eigenvalue weighted by Crippen LogP contribution is 2.28. The number of ether oxygens (including phenoxy) is 3. The third kappa shape index (κ3) is 7.30. The SMILES string of the molecule is C=CCOc1ccc(C(=O)OCC(=O)NC(=O)NCCc2cccs2)cc1OC. The maximum absolute atomic E-state index is 12.1. The van der Waals surface area contributed by atoms with Gasteiger partial charge in [-0.05, 0) is 36.1 Å². The number of carbonyl (C=O) groups is 3. The lowest BCUT2D eigenvalue weighted by atomic mass is 10.2. The van der Waals surface area contributed by atoms with E-state index in [1.807, 2.05) is 17.5 Å². The molecular formula is C20H22N2O6S. The van der Waals surface area contributed by atoms with Crippen LogP contribution in [0.2, 0.25) is 0 Å². The molecule has 0 fully saturated rings. The zero-order valence-electron chi connectivity index (χ0n) is 15.9. The number of urea groups is 1. The summed E-state index contributed by atoms with van der Waals surface area (Å²) < 4.78 is 15.5. The molecule has 0 saturated carbocycles. The van der Waals surface area contributed by atoms with Crippen molar-refractivity contribution in [3.05, 3.63) is 58.8 Å². The molecule has 1 aromatic carbocycles. The number of esters is 1. The number of nitrogens with one attached hydrogen (secondary N) is 2. The number of carbonyl (C=O) groups excluding carboxylic acids is 3. The van der Waals surface area contributed by atoms with Crippen molar-refractivity contribution in [1.82, 2.24) is 10.6 Å². The summed E-state index contributed by atoms with van der Waals surface area (Å²) in [6.07, 6.45) is 2.25. The van der Waals surface area contributed by atoms with Crippen LogP contribution in [0.3, 0.4) is 0 Å². The Morgan fingerprint density at radius 2 is 2.03 bits per heavy atom. The number of imide groups is 1. The largest absolute Gasteiger partial charge is 0.493 e. The van der Waals surface area contributed by atoms with Gasteiger partial charge < -0.3 is 19.5 Å². The van der Waals surface area contributed by atoms with Crippen LogP contribution in [0, 0.1) is 0 Å². The third-order valence-electron chi connectivity index (χ3n) is 3.58. The first kappa shape index (κ1) is 22.0. The molecule has 0 aliphatic rings. The first-order chi connectivity index (χ1) is 14.0. The van der Waals surface area contributed by atoms with E-state index >= 15 is 0 Å². The van der Waals surface area contributed by atoms with Crippen LogP contribution >= 0.6 is 11.3 Å². The first-order valence-corrected chi connectivity index (χ1v) is 9.60. The molecule has 3 amide bonds. The number of thiophene rings is 1. The molecule has 1 heterocycles. The predicted molar refractivity (Wildman–Crippen MR) is 109 cm³/mol. The number of rotatable bonds is 10. The molecule has 0 aliphatic carbocycles. The van der Waals surface area contributed by atoms with E-state index in [0.717, 1.165) is 4.88 Å². The van der Waals surface area contributed by atoms with Gasteiger partial charge in [0.05, 0.1) is 12.7 Å². The lowest BCUT2D eigenvalue weighted by Gasteiger charge is -2.11. The van der Waals surface area contributed by atoms with Crippen LogP contribution in [0.25, 0.3) is 0 Å². The third-order valence-corrected chi connectivity index (χ3v) is 4.52. The molecule has 0 unspecified atom stereocenters. The quantitative estimate of drug-likeness (QED) is 0.454. The topological polar surface area (TPSA) is 103 Å². The Hall–Kier alpha value is -3.33. The summed E-state index contributed by atoms with van der Waals surface area (Å²) in [5.41, 5.74) is 0.181. The van der Waals surface area contributed by atoms with E-state index in [0.29, 0.717) is 24.5 Å². The Bertz CT molecular complexity index is 851. The van der Waals surface area contributed by atoms with E-state index in [2.05, 4.69) is 17.2 Å². The lowest BCUT2D eigenvalue weighted by Crippen LogP contribution is -2.42. The van der Waals surface area contributed by atoms with Gasteiger partial charge in [0.1, 0.15) is 6.61 Å². The fraction of sp³-hybridized carbons (Fsp3) is 0.250. The van der Waals surface area contributed by atoms with E-state index in [4.69, 9.17) is 14.2 Å². The Balaban J connectivity index is 1.76. The molecule has 0 saturated heterocycles. The standard InChI is InChI=1S/C20H22N2O6S/c1-3-10-27-16-7-6-14(12-17(16)26-2)19(24)28-13-18(23)22-20(25)21-9-8-15-5-4-11-29-15/h3-7,11-12H,1,8-10,13H2,2H3,(H2,21,22,23,25). The fourth-order valence-electron chi connectivity index (χ4n) is 2.24. The zero-order valence-corrected chi connectivity index (χ0v) is 16.8. The van der Waals surface area contributed by atoms with Crippen molar-refractivity contribution >= 4 is 29.2 Å². The molecule has 2 rings (SSSR count). The Kier molecular flexibility index (Phi) is 8.71. The second-order valence-corrected chi connectivity index (χ2v) is 6.71. The average molecular weight is 418 g/mol. The van der Waals surface area contributed by atoms with Crippen molar-refractivity contribution in [2.75, 3.05) is 26.9 Å². The number of hydrogen-bond donors (Lipinski definition) is 2. The van der Waals surface area contributed by atoms with Gasteiger partial charge in [-0.3, -0.25) is 10.1 Å². The van der Waals surface area contributed by atoms with Gasteiger partial charge in [0.25, 0.3) is 5.91 Å². The van der Waals surface area contributed by atoms with Crippen molar-refractivity contribution in [3.8, 4) is 11.5 Å². The average Bonchev–Trinajstić information content (AvgIpc) is 3.23. The molecular weight excluding hydrogens is 396 g/mol. The minimum atomic E-state index is -0.732. The zero-order chi connectivity index (χ0) is 21.1. The van der Waals surface area contributed by atoms with Crippen molar-refractivity contribution in [3.63, 3.8) is 0 Å². The highest BCUT2D eigenvalue weighted by molar-refractivity contribution is 7.09. The number of hydrogen-bond acceptors (Lipinski definition) is 7. The normalized spacial score (nSPS) is 9.97. The molecule has 8 nitrogen and oxygen atoms in total. The summed E-state index contributed by atoms with van der Waals surface area (Å²) in [6, 6.07) is 7.72. The molecule has 9 heteroatoms. The number of amides is 3. The minimum absolute atomic E-state index is 0.181. The second-order valence-electron chi connectivity index (χ2n) is 5.67. The van der Waals surface area contributed by atoms with Crippen molar-refractivity contribution in [2.24, 2.45) is 0 Å². The van der Waals surface area contributed by atoms with E-state index in [-0.39, 0.29) is 12.2 Å². The van der Waals surface area contributed by atoms with Crippen LogP contribution in [-0.4, -0.2) is 44.8 Å². The van der Waals surface area contributed by atoms with E-state index in [1.54, 1.807) is 23.5 Å². The maximum Gasteiger partial charge on any atom is 0.338 e. The molecule has 0 aliphatic heterocycles. The monoisotopic (exact) mass is 418 g/mol. The molecule has 29 heavy (non-hydrogen) atoms.